The van der Waals surface area contributed by atoms with E-state index in [1.165, 1.54) is 0 Å². The van der Waals surface area contributed by atoms with Gasteiger partial charge in [0, 0.05) is 18.0 Å². The first-order valence-corrected chi connectivity index (χ1v) is 4.72. The van der Waals surface area contributed by atoms with E-state index in [0.29, 0.717) is 0 Å². The molecule has 0 aliphatic rings. The lowest BCUT2D eigenvalue weighted by Gasteiger charge is -2.02. The van der Waals surface area contributed by atoms with Gasteiger partial charge >= 0.3 is 0 Å². The first-order chi connectivity index (χ1) is 7.29. The second-order valence-electron chi connectivity index (χ2n) is 3.31. The van der Waals surface area contributed by atoms with E-state index in [1.54, 1.807) is 7.11 Å². The Kier molecular flexibility index (Phi) is 2.63. The molecule has 3 nitrogen and oxygen atoms in total. The van der Waals surface area contributed by atoms with Gasteiger partial charge in [-0.05, 0) is 36.8 Å². The highest BCUT2D eigenvalue weighted by molar-refractivity contribution is 5.55. The summed E-state index contributed by atoms with van der Waals surface area (Å²) in [5.41, 5.74) is 2.06. The minimum absolute atomic E-state index is 0.739. The van der Waals surface area contributed by atoms with Gasteiger partial charge in [0.15, 0.2) is 5.82 Å². The number of ether oxygens (including phenoxy) is 1. The van der Waals surface area contributed by atoms with Crippen LogP contribution in [0, 0.1) is 6.92 Å². The molecule has 1 aromatic carbocycles. The number of benzene rings is 1. The van der Waals surface area contributed by atoms with Crippen molar-refractivity contribution in [1.82, 2.24) is 9.97 Å². The molecule has 1 aromatic heterocycles. The fraction of sp³-hybridized carbons (Fsp3) is 0.167. The van der Waals surface area contributed by atoms with Crippen molar-refractivity contribution in [2.45, 2.75) is 6.92 Å². The summed E-state index contributed by atoms with van der Waals surface area (Å²) in [5, 5.41) is 0. The van der Waals surface area contributed by atoms with Gasteiger partial charge < -0.3 is 4.74 Å². The van der Waals surface area contributed by atoms with E-state index in [0.717, 1.165) is 22.7 Å². The van der Waals surface area contributed by atoms with Crippen molar-refractivity contribution in [2.75, 3.05) is 7.11 Å². The lowest BCUT2D eigenvalue weighted by atomic mass is 10.2. The number of hydrogen-bond acceptors (Lipinski definition) is 3. The Hall–Kier alpha value is -1.90. The Labute approximate surface area is 88.8 Å². The van der Waals surface area contributed by atoms with Gasteiger partial charge in [-0.15, -0.1) is 0 Å². The van der Waals surface area contributed by atoms with Crippen molar-refractivity contribution in [3.8, 4) is 17.1 Å². The van der Waals surface area contributed by atoms with E-state index < -0.39 is 0 Å². The van der Waals surface area contributed by atoms with Crippen molar-refractivity contribution in [1.29, 1.82) is 0 Å². The van der Waals surface area contributed by atoms with Crippen LogP contribution < -0.4 is 4.74 Å². The first kappa shape index (κ1) is 9.65. The summed E-state index contributed by atoms with van der Waals surface area (Å²) in [6.07, 6.45) is 3.62. The van der Waals surface area contributed by atoms with E-state index >= 15 is 0 Å². The van der Waals surface area contributed by atoms with E-state index in [2.05, 4.69) is 9.97 Å². The summed E-state index contributed by atoms with van der Waals surface area (Å²) in [6, 6.07) is 7.70. The van der Waals surface area contributed by atoms with Crippen molar-refractivity contribution in [3.05, 3.63) is 42.2 Å². The van der Waals surface area contributed by atoms with E-state index in [-0.39, 0.29) is 0 Å². The first-order valence-electron chi connectivity index (χ1n) is 4.72. The predicted octanol–water partition coefficient (Wildman–Crippen LogP) is 2.46. The van der Waals surface area contributed by atoms with E-state index in [9.17, 15) is 0 Å². The van der Waals surface area contributed by atoms with Gasteiger partial charge in [-0.1, -0.05) is 0 Å². The monoisotopic (exact) mass is 200 g/mol. The van der Waals surface area contributed by atoms with Gasteiger partial charge in [-0.3, -0.25) is 0 Å². The molecule has 3 heteroatoms. The van der Waals surface area contributed by atoms with Crippen molar-refractivity contribution in [3.63, 3.8) is 0 Å². The highest BCUT2D eigenvalue weighted by Gasteiger charge is 2.00. The van der Waals surface area contributed by atoms with Crippen LogP contribution in [0.1, 0.15) is 5.56 Å². The molecule has 0 radical (unpaired) electrons. The summed E-state index contributed by atoms with van der Waals surface area (Å²) in [4.78, 5) is 8.50. The third-order valence-corrected chi connectivity index (χ3v) is 2.13. The Balaban J connectivity index is 2.33. The summed E-state index contributed by atoms with van der Waals surface area (Å²) in [7, 11) is 1.65. The van der Waals surface area contributed by atoms with Crippen molar-refractivity contribution >= 4 is 0 Å². The number of hydrogen-bond donors (Lipinski definition) is 0. The van der Waals surface area contributed by atoms with Crippen LogP contribution in [0.3, 0.4) is 0 Å². The van der Waals surface area contributed by atoms with Gasteiger partial charge in [-0.25, -0.2) is 9.97 Å². The zero-order valence-corrected chi connectivity index (χ0v) is 8.77. The lowest BCUT2D eigenvalue weighted by molar-refractivity contribution is 0.415. The van der Waals surface area contributed by atoms with Gasteiger partial charge in [0.1, 0.15) is 5.75 Å². The number of nitrogens with zero attached hydrogens (tertiary/aromatic N) is 2. The lowest BCUT2D eigenvalue weighted by Crippen LogP contribution is -1.89. The number of methoxy groups -OCH3 is 1. The summed E-state index contributed by atoms with van der Waals surface area (Å²) in [6.45, 7) is 1.97. The zero-order valence-electron chi connectivity index (χ0n) is 8.77. The SMILES string of the molecule is COc1ccc(-c2ncc(C)cn2)cc1. The second kappa shape index (κ2) is 4.09. The van der Waals surface area contributed by atoms with Crippen LogP contribution in [-0.4, -0.2) is 17.1 Å². The molecule has 0 saturated carbocycles. The van der Waals surface area contributed by atoms with Gasteiger partial charge in [-0.2, -0.15) is 0 Å². The Morgan fingerprint density at radius 3 is 2.13 bits per heavy atom. The van der Waals surface area contributed by atoms with Gasteiger partial charge in [0.05, 0.1) is 7.11 Å². The van der Waals surface area contributed by atoms with Gasteiger partial charge in [0.25, 0.3) is 0 Å². The number of rotatable bonds is 2. The highest BCUT2D eigenvalue weighted by atomic mass is 16.5. The van der Waals surface area contributed by atoms with Crippen LogP contribution >= 0.6 is 0 Å². The minimum atomic E-state index is 0.739. The summed E-state index contributed by atoms with van der Waals surface area (Å²) in [5.74, 6) is 1.58. The molecule has 0 unspecified atom stereocenters. The zero-order chi connectivity index (χ0) is 10.7. The van der Waals surface area contributed by atoms with E-state index in [4.69, 9.17) is 4.74 Å². The highest BCUT2D eigenvalue weighted by Crippen LogP contribution is 2.18. The average Bonchev–Trinajstić information content (AvgIpc) is 2.30. The van der Waals surface area contributed by atoms with Gasteiger partial charge in [0.2, 0.25) is 0 Å². The molecule has 2 rings (SSSR count). The van der Waals surface area contributed by atoms with E-state index in [1.807, 2.05) is 43.6 Å². The quantitative estimate of drug-likeness (QED) is 0.747. The third-order valence-electron chi connectivity index (χ3n) is 2.13. The molecule has 15 heavy (non-hydrogen) atoms. The molecule has 76 valence electrons. The molecule has 0 N–H and O–H groups in total. The standard InChI is InChI=1S/C12H12N2O/c1-9-7-13-12(14-8-9)10-3-5-11(15-2)6-4-10/h3-8H,1-2H3. The second-order valence-corrected chi connectivity index (χ2v) is 3.31. The molecule has 2 aromatic rings. The fourth-order valence-electron chi connectivity index (χ4n) is 1.28. The molecule has 0 spiro atoms. The Bertz CT molecular complexity index is 434. The molecule has 0 saturated heterocycles. The predicted molar refractivity (Wildman–Crippen MR) is 58.8 cm³/mol. The third kappa shape index (κ3) is 2.13. The molecular formula is C12H12N2O. The van der Waals surface area contributed by atoms with Crippen molar-refractivity contribution in [2.24, 2.45) is 0 Å². The van der Waals surface area contributed by atoms with Crippen LogP contribution in [0.2, 0.25) is 0 Å². The fourth-order valence-corrected chi connectivity index (χ4v) is 1.28. The molecule has 0 aliphatic heterocycles. The molecule has 0 fully saturated rings. The molecular weight excluding hydrogens is 188 g/mol. The molecule has 0 aliphatic carbocycles. The Morgan fingerprint density at radius 2 is 1.60 bits per heavy atom. The smallest absolute Gasteiger partial charge is 0.159 e. The summed E-state index contributed by atoms with van der Waals surface area (Å²) < 4.78 is 5.08. The molecule has 0 amide bonds. The number of aromatic nitrogens is 2. The van der Waals surface area contributed by atoms with Crippen molar-refractivity contribution < 1.29 is 4.74 Å². The maximum absolute atomic E-state index is 5.08. The molecule has 0 bridgehead atoms. The van der Waals surface area contributed by atoms with Crippen LogP contribution in [0.5, 0.6) is 5.75 Å². The molecule has 0 atom stereocenters. The molecule has 1 heterocycles. The number of aryl methyl sites for hydroxylation is 1. The normalized spacial score (nSPS) is 10.0. The maximum atomic E-state index is 5.08. The van der Waals surface area contributed by atoms with Crippen LogP contribution in [0.4, 0.5) is 0 Å². The van der Waals surface area contributed by atoms with Crippen LogP contribution in [-0.2, 0) is 0 Å². The Morgan fingerprint density at radius 1 is 1.00 bits per heavy atom. The topological polar surface area (TPSA) is 35.0 Å². The average molecular weight is 200 g/mol. The maximum Gasteiger partial charge on any atom is 0.159 e. The minimum Gasteiger partial charge on any atom is -0.497 e. The summed E-state index contributed by atoms with van der Waals surface area (Å²) >= 11 is 0. The van der Waals surface area contributed by atoms with Crippen LogP contribution in [0.25, 0.3) is 11.4 Å². The van der Waals surface area contributed by atoms with Crippen LogP contribution in [0.15, 0.2) is 36.7 Å². The largest absolute Gasteiger partial charge is 0.497 e.